The molecule has 0 spiro atoms. The van der Waals surface area contributed by atoms with Crippen molar-refractivity contribution in [3.8, 4) is 0 Å². The molecule has 8 nitrogen and oxygen atoms in total. The number of fused-ring (bicyclic) bond motifs is 1. The molecule has 3 rings (SSSR count). The van der Waals surface area contributed by atoms with E-state index in [2.05, 4.69) is 20.0 Å². The minimum atomic E-state index is -2.03. The van der Waals surface area contributed by atoms with E-state index in [-0.39, 0.29) is 0 Å². The lowest BCUT2D eigenvalue weighted by Gasteiger charge is -2.23. The number of nitrogens with zero attached hydrogens (tertiary/aromatic N) is 5. The molecule has 0 saturated carbocycles. The molecule has 1 aliphatic rings. The Balaban J connectivity index is 2.08. The van der Waals surface area contributed by atoms with Crippen LogP contribution in [0.4, 0.5) is 4.39 Å². The van der Waals surface area contributed by atoms with Crippen molar-refractivity contribution in [3.63, 3.8) is 0 Å². The van der Waals surface area contributed by atoms with Gasteiger partial charge in [-0.15, -0.1) is 11.3 Å². The molecule has 1 saturated heterocycles. The Hall–Kier alpha value is -1.84. The molecule has 0 radical (unpaired) electrons. The first-order valence-electron chi connectivity index (χ1n) is 6.40. The number of thiophene rings is 1. The number of halogens is 1. The molecule has 4 atom stereocenters. The number of aryl methyl sites for hydroxylation is 1. The average molecular weight is 325 g/mol. The van der Waals surface area contributed by atoms with Crippen LogP contribution in [0.15, 0.2) is 16.8 Å². The van der Waals surface area contributed by atoms with Gasteiger partial charge in [0.1, 0.15) is 18.5 Å². The first-order chi connectivity index (χ1) is 10.5. The lowest BCUT2D eigenvalue weighted by Crippen LogP contribution is -2.43. The van der Waals surface area contributed by atoms with Gasteiger partial charge in [0.15, 0.2) is 11.9 Å². The number of alkyl halides is 1. The smallest absolute Gasteiger partial charge is 0.199 e. The standard InChI is InChI=1S/C12H12FN5O3S/c1-5-10-8(16-4-15-5)6(2-22-10)9-7(13)11(20)12(3-19,21-9)17-18-14/h2,4,7,9,11,19-20H,3H2,1H3/t7-,9-,11-,12+/m0/s1. The summed E-state index contributed by atoms with van der Waals surface area (Å²) in [7, 11) is 0. The second-order valence-electron chi connectivity index (χ2n) is 4.95. The van der Waals surface area contributed by atoms with Crippen molar-refractivity contribution in [2.75, 3.05) is 6.61 Å². The monoisotopic (exact) mass is 325 g/mol. The molecule has 2 aromatic rings. The van der Waals surface area contributed by atoms with Gasteiger partial charge in [-0.3, -0.25) is 0 Å². The quantitative estimate of drug-likeness (QED) is 0.505. The number of azide groups is 1. The summed E-state index contributed by atoms with van der Waals surface area (Å²) in [6.45, 7) is 0.977. The zero-order valence-electron chi connectivity index (χ0n) is 11.4. The third-order valence-electron chi connectivity index (χ3n) is 3.69. The van der Waals surface area contributed by atoms with E-state index in [4.69, 9.17) is 10.3 Å². The molecule has 1 aliphatic heterocycles. The van der Waals surface area contributed by atoms with Crippen molar-refractivity contribution in [3.05, 3.63) is 33.4 Å². The van der Waals surface area contributed by atoms with Crippen LogP contribution in [0.3, 0.4) is 0 Å². The van der Waals surface area contributed by atoms with Gasteiger partial charge in [-0.05, 0) is 17.8 Å². The number of aromatic nitrogens is 2. The van der Waals surface area contributed by atoms with Gasteiger partial charge in [-0.2, -0.15) is 0 Å². The number of rotatable bonds is 3. The van der Waals surface area contributed by atoms with Crippen molar-refractivity contribution >= 4 is 21.6 Å². The molecule has 22 heavy (non-hydrogen) atoms. The molecular formula is C12H12FN5O3S. The average Bonchev–Trinajstić information content (AvgIpc) is 3.04. The van der Waals surface area contributed by atoms with E-state index in [1.807, 2.05) is 0 Å². The summed E-state index contributed by atoms with van der Waals surface area (Å²) in [5, 5.41) is 24.3. The maximum absolute atomic E-state index is 14.5. The van der Waals surface area contributed by atoms with Crippen LogP contribution in [0.1, 0.15) is 17.4 Å². The van der Waals surface area contributed by atoms with Crippen LogP contribution >= 0.6 is 11.3 Å². The second kappa shape index (κ2) is 5.41. The Morgan fingerprint density at radius 1 is 1.59 bits per heavy atom. The fourth-order valence-corrected chi connectivity index (χ4v) is 3.51. The summed E-state index contributed by atoms with van der Waals surface area (Å²) in [5.41, 5.74) is 8.23. The molecule has 0 aromatic carbocycles. The highest BCUT2D eigenvalue weighted by Gasteiger charge is 2.55. The summed E-state index contributed by atoms with van der Waals surface area (Å²) >= 11 is 1.33. The highest BCUT2D eigenvalue weighted by molar-refractivity contribution is 7.17. The van der Waals surface area contributed by atoms with E-state index in [0.717, 1.165) is 10.4 Å². The molecule has 0 aliphatic carbocycles. The number of aliphatic hydroxyl groups excluding tert-OH is 2. The van der Waals surface area contributed by atoms with E-state index in [9.17, 15) is 14.6 Å². The minimum Gasteiger partial charge on any atom is -0.393 e. The third-order valence-corrected chi connectivity index (χ3v) is 4.79. The zero-order chi connectivity index (χ0) is 15.9. The Kier molecular flexibility index (Phi) is 3.71. The van der Waals surface area contributed by atoms with Gasteiger partial charge in [0.05, 0.1) is 22.5 Å². The summed E-state index contributed by atoms with van der Waals surface area (Å²) in [4.78, 5) is 10.7. The fraction of sp³-hybridized carbons (Fsp3) is 0.500. The Morgan fingerprint density at radius 2 is 2.36 bits per heavy atom. The van der Waals surface area contributed by atoms with Gasteiger partial charge >= 0.3 is 0 Å². The van der Waals surface area contributed by atoms with Crippen LogP contribution in [-0.4, -0.2) is 44.8 Å². The maximum Gasteiger partial charge on any atom is 0.199 e. The summed E-state index contributed by atoms with van der Waals surface area (Å²) in [6.07, 6.45) is -3.45. The minimum absolute atomic E-state index is 0.431. The molecule has 2 aromatic heterocycles. The molecule has 1 fully saturated rings. The zero-order valence-corrected chi connectivity index (χ0v) is 12.2. The highest BCUT2D eigenvalue weighted by atomic mass is 32.1. The molecule has 0 amide bonds. The first kappa shape index (κ1) is 15.1. The molecule has 116 valence electrons. The lowest BCUT2D eigenvalue weighted by atomic mass is 10.0. The van der Waals surface area contributed by atoms with Crippen LogP contribution < -0.4 is 0 Å². The number of hydrogen-bond donors (Lipinski definition) is 2. The van der Waals surface area contributed by atoms with E-state index in [1.165, 1.54) is 17.7 Å². The predicted molar refractivity (Wildman–Crippen MR) is 75.8 cm³/mol. The molecule has 0 unspecified atom stereocenters. The van der Waals surface area contributed by atoms with E-state index < -0.39 is 30.7 Å². The normalized spacial score (nSPS) is 31.4. The summed E-state index contributed by atoms with van der Waals surface area (Å²) in [6, 6.07) is 0. The van der Waals surface area contributed by atoms with Gasteiger partial charge in [0.25, 0.3) is 0 Å². The van der Waals surface area contributed by atoms with Crippen LogP contribution in [0.25, 0.3) is 20.7 Å². The Labute approximate surface area is 127 Å². The number of ether oxygens (including phenoxy) is 1. The molecular weight excluding hydrogens is 313 g/mol. The fourth-order valence-electron chi connectivity index (χ4n) is 2.51. The van der Waals surface area contributed by atoms with Gasteiger partial charge < -0.3 is 14.9 Å². The van der Waals surface area contributed by atoms with Gasteiger partial charge in [0, 0.05) is 10.5 Å². The van der Waals surface area contributed by atoms with Crippen molar-refractivity contribution in [1.29, 1.82) is 0 Å². The van der Waals surface area contributed by atoms with E-state index in [1.54, 1.807) is 12.3 Å². The second-order valence-corrected chi connectivity index (χ2v) is 5.83. The molecule has 2 N–H and O–H groups in total. The van der Waals surface area contributed by atoms with Crippen molar-refractivity contribution < 1.29 is 19.3 Å². The molecule has 10 heteroatoms. The van der Waals surface area contributed by atoms with Gasteiger partial charge in [0.2, 0.25) is 0 Å². The maximum atomic E-state index is 14.5. The largest absolute Gasteiger partial charge is 0.393 e. The number of aliphatic hydroxyl groups is 2. The predicted octanol–water partition coefficient (Wildman–Crippen LogP) is 1.77. The van der Waals surface area contributed by atoms with Crippen LogP contribution in [0, 0.1) is 6.92 Å². The number of hydrogen-bond acceptors (Lipinski definition) is 7. The third kappa shape index (κ3) is 2.04. The van der Waals surface area contributed by atoms with Crippen molar-refractivity contribution in [2.45, 2.75) is 31.0 Å². The SMILES string of the molecule is Cc1ncnc2c([C@@H]3O[C@@](CO)(N=[N+]=[N-])[C@@H](O)[C@H]3F)csc12. The van der Waals surface area contributed by atoms with Gasteiger partial charge in [-0.25, -0.2) is 14.4 Å². The molecule has 3 heterocycles. The Morgan fingerprint density at radius 3 is 3.05 bits per heavy atom. The van der Waals surface area contributed by atoms with E-state index in [0.29, 0.717) is 11.1 Å². The van der Waals surface area contributed by atoms with Crippen molar-refractivity contribution in [2.24, 2.45) is 5.11 Å². The summed E-state index contributed by atoms with van der Waals surface area (Å²) in [5.74, 6) is 0. The van der Waals surface area contributed by atoms with Gasteiger partial charge in [-0.1, -0.05) is 5.11 Å². The molecule has 0 bridgehead atoms. The van der Waals surface area contributed by atoms with Crippen molar-refractivity contribution in [1.82, 2.24) is 9.97 Å². The topological polar surface area (TPSA) is 124 Å². The van der Waals surface area contributed by atoms with Crippen LogP contribution in [0.2, 0.25) is 0 Å². The summed E-state index contributed by atoms with van der Waals surface area (Å²) < 4.78 is 20.7. The highest BCUT2D eigenvalue weighted by Crippen LogP contribution is 2.45. The van der Waals surface area contributed by atoms with Crippen LogP contribution in [-0.2, 0) is 4.74 Å². The van der Waals surface area contributed by atoms with E-state index >= 15 is 0 Å². The lowest BCUT2D eigenvalue weighted by molar-refractivity contribution is -0.107. The first-order valence-corrected chi connectivity index (χ1v) is 7.28. The Bertz CT molecular complexity index is 764. The van der Waals surface area contributed by atoms with Crippen LogP contribution in [0.5, 0.6) is 0 Å².